The van der Waals surface area contributed by atoms with Crippen LogP contribution in [0, 0.1) is 11.8 Å². The van der Waals surface area contributed by atoms with E-state index in [1.54, 1.807) is 0 Å². The van der Waals surface area contributed by atoms with Gasteiger partial charge in [-0.1, -0.05) is 0 Å². The average molecular weight is 260 g/mol. The molecule has 1 saturated heterocycles. The number of carbonyl (C=O) groups is 1. The fourth-order valence-corrected chi connectivity index (χ4v) is 3.23. The smallest absolute Gasteiger partial charge is 0.407 e. The van der Waals surface area contributed by atoms with E-state index in [1.165, 1.54) is 5.75 Å². The summed E-state index contributed by atoms with van der Waals surface area (Å²) in [6.07, 6.45) is 0.825. The van der Waals surface area contributed by atoms with Gasteiger partial charge in [-0.3, -0.25) is 0 Å². The molecule has 0 bridgehead atoms. The van der Waals surface area contributed by atoms with Gasteiger partial charge < -0.3 is 15.8 Å². The van der Waals surface area contributed by atoms with Crippen molar-refractivity contribution < 1.29 is 9.53 Å². The maximum Gasteiger partial charge on any atom is 0.407 e. The van der Waals surface area contributed by atoms with E-state index in [1.807, 2.05) is 32.5 Å². The van der Waals surface area contributed by atoms with Crippen molar-refractivity contribution in [1.82, 2.24) is 5.32 Å². The molecule has 0 aromatic carbocycles. The van der Waals surface area contributed by atoms with E-state index in [0.29, 0.717) is 24.9 Å². The second-order valence-electron chi connectivity index (χ2n) is 5.50. The van der Waals surface area contributed by atoms with E-state index < -0.39 is 5.60 Å². The molecule has 0 unspecified atom stereocenters. The Kier molecular flexibility index (Phi) is 5.59. The molecular weight excluding hydrogens is 236 g/mol. The summed E-state index contributed by atoms with van der Waals surface area (Å²) in [6, 6.07) is 0. The molecule has 0 aromatic heterocycles. The zero-order valence-electron chi connectivity index (χ0n) is 11.0. The van der Waals surface area contributed by atoms with Crippen LogP contribution >= 0.6 is 11.8 Å². The van der Waals surface area contributed by atoms with Crippen LogP contribution in [0.3, 0.4) is 0 Å². The fourth-order valence-electron chi connectivity index (χ4n) is 1.91. The number of amides is 1. The van der Waals surface area contributed by atoms with Gasteiger partial charge in [0.2, 0.25) is 0 Å². The van der Waals surface area contributed by atoms with E-state index in [-0.39, 0.29) is 6.09 Å². The minimum Gasteiger partial charge on any atom is -0.444 e. The first-order chi connectivity index (χ1) is 7.92. The number of nitrogens with one attached hydrogen (secondary N) is 1. The normalized spacial score (nSPS) is 25.4. The number of rotatable bonds is 3. The summed E-state index contributed by atoms with van der Waals surface area (Å²) in [5, 5.41) is 2.84. The van der Waals surface area contributed by atoms with Crippen LogP contribution in [0.15, 0.2) is 0 Å². The second-order valence-corrected chi connectivity index (χ2v) is 6.65. The minimum absolute atomic E-state index is 0.330. The van der Waals surface area contributed by atoms with Gasteiger partial charge in [-0.15, -0.1) is 0 Å². The number of hydrogen-bond donors (Lipinski definition) is 2. The topological polar surface area (TPSA) is 64.3 Å². The number of thioether (sulfide) groups is 1. The first kappa shape index (κ1) is 14.6. The molecule has 0 aromatic rings. The van der Waals surface area contributed by atoms with Gasteiger partial charge in [-0.2, -0.15) is 11.8 Å². The van der Waals surface area contributed by atoms with Gasteiger partial charge in [0.25, 0.3) is 0 Å². The Labute approximate surface area is 108 Å². The van der Waals surface area contributed by atoms with Crippen LogP contribution in [0.5, 0.6) is 0 Å². The van der Waals surface area contributed by atoms with Crippen LogP contribution in [0.25, 0.3) is 0 Å². The van der Waals surface area contributed by atoms with Crippen LogP contribution in [0.1, 0.15) is 27.2 Å². The molecule has 4 nitrogen and oxygen atoms in total. The van der Waals surface area contributed by atoms with E-state index in [2.05, 4.69) is 5.32 Å². The highest BCUT2D eigenvalue weighted by Gasteiger charge is 2.25. The molecule has 2 atom stereocenters. The van der Waals surface area contributed by atoms with Gasteiger partial charge in [0.05, 0.1) is 0 Å². The van der Waals surface area contributed by atoms with Gasteiger partial charge in [0.15, 0.2) is 0 Å². The average Bonchev–Trinajstić information content (AvgIpc) is 2.24. The minimum atomic E-state index is -0.432. The van der Waals surface area contributed by atoms with E-state index in [4.69, 9.17) is 10.5 Å². The first-order valence-corrected chi connectivity index (χ1v) is 7.32. The molecule has 0 spiro atoms. The van der Waals surface area contributed by atoms with Crippen molar-refractivity contribution in [3.63, 3.8) is 0 Å². The summed E-state index contributed by atoms with van der Waals surface area (Å²) in [5.74, 6) is 3.28. The zero-order chi connectivity index (χ0) is 12.9. The molecule has 1 rings (SSSR count). The molecule has 100 valence electrons. The maximum atomic E-state index is 11.5. The van der Waals surface area contributed by atoms with Gasteiger partial charge in [0, 0.05) is 6.54 Å². The molecule has 1 fully saturated rings. The highest BCUT2D eigenvalue weighted by Crippen LogP contribution is 2.27. The lowest BCUT2D eigenvalue weighted by Gasteiger charge is -2.30. The monoisotopic (exact) mass is 260 g/mol. The molecule has 5 heteroatoms. The third kappa shape index (κ3) is 5.64. The lowest BCUT2D eigenvalue weighted by Crippen LogP contribution is -2.40. The third-order valence-electron chi connectivity index (χ3n) is 2.84. The Morgan fingerprint density at radius 2 is 2.18 bits per heavy atom. The number of carbonyl (C=O) groups excluding carboxylic acids is 1. The molecule has 1 heterocycles. The number of hydrogen-bond acceptors (Lipinski definition) is 4. The van der Waals surface area contributed by atoms with Crippen LogP contribution in [0.4, 0.5) is 4.79 Å². The molecule has 1 aliphatic rings. The van der Waals surface area contributed by atoms with Crippen molar-refractivity contribution in [2.24, 2.45) is 17.6 Å². The SMILES string of the molecule is CC(C)(C)OC(=O)NC[C@@H]1CSCC[C@H]1CN. The summed E-state index contributed by atoms with van der Waals surface area (Å²) in [4.78, 5) is 11.5. The predicted molar refractivity (Wildman–Crippen MR) is 72.2 cm³/mol. The largest absolute Gasteiger partial charge is 0.444 e. The highest BCUT2D eigenvalue weighted by molar-refractivity contribution is 7.99. The van der Waals surface area contributed by atoms with Crippen LogP contribution in [0.2, 0.25) is 0 Å². The summed E-state index contributed by atoms with van der Waals surface area (Å²) in [5.41, 5.74) is 5.32. The highest BCUT2D eigenvalue weighted by atomic mass is 32.2. The first-order valence-electron chi connectivity index (χ1n) is 6.17. The second kappa shape index (κ2) is 6.50. The van der Waals surface area contributed by atoms with E-state index in [0.717, 1.165) is 12.2 Å². The lowest BCUT2D eigenvalue weighted by molar-refractivity contribution is 0.0515. The number of alkyl carbamates (subject to hydrolysis) is 1. The van der Waals surface area contributed by atoms with Gasteiger partial charge in [-0.05, 0) is 57.1 Å². The van der Waals surface area contributed by atoms with Gasteiger partial charge >= 0.3 is 6.09 Å². The third-order valence-corrected chi connectivity index (χ3v) is 4.03. The Morgan fingerprint density at radius 3 is 2.76 bits per heavy atom. The van der Waals surface area contributed by atoms with E-state index >= 15 is 0 Å². The van der Waals surface area contributed by atoms with Crippen LogP contribution in [-0.2, 0) is 4.74 Å². The van der Waals surface area contributed by atoms with Gasteiger partial charge in [0.1, 0.15) is 5.60 Å². The van der Waals surface area contributed by atoms with Crippen molar-refractivity contribution in [2.75, 3.05) is 24.6 Å². The predicted octanol–water partition coefficient (Wildman–Crippen LogP) is 1.84. The van der Waals surface area contributed by atoms with Crippen molar-refractivity contribution >= 4 is 17.9 Å². The molecule has 0 aliphatic carbocycles. The van der Waals surface area contributed by atoms with Crippen LogP contribution < -0.4 is 11.1 Å². The number of nitrogens with two attached hydrogens (primary N) is 1. The molecule has 0 radical (unpaired) electrons. The van der Waals surface area contributed by atoms with Gasteiger partial charge in [-0.25, -0.2) is 4.79 Å². The van der Waals surface area contributed by atoms with Crippen molar-refractivity contribution in [3.8, 4) is 0 Å². The molecule has 3 N–H and O–H groups in total. The maximum absolute atomic E-state index is 11.5. The molecule has 17 heavy (non-hydrogen) atoms. The molecule has 1 aliphatic heterocycles. The Bertz CT molecular complexity index is 253. The molecule has 0 saturated carbocycles. The Hall–Kier alpha value is -0.420. The summed E-state index contributed by atoms with van der Waals surface area (Å²) in [7, 11) is 0. The quantitative estimate of drug-likeness (QED) is 0.812. The lowest BCUT2D eigenvalue weighted by atomic mass is 9.91. The van der Waals surface area contributed by atoms with Crippen molar-refractivity contribution in [3.05, 3.63) is 0 Å². The standard InChI is InChI=1S/C12H24N2O2S/c1-12(2,3)16-11(15)14-7-10-8-17-5-4-9(10)6-13/h9-10H,4-8,13H2,1-3H3,(H,14,15)/t9-,10+/m0/s1. The summed E-state index contributed by atoms with van der Waals surface area (Å²) in [6.45, 7) is 6.98. The summed E-state index contributed by atoms with van der Waals surface area (Å²) >= 11 is 1.94. The zero-order valence-corrected chi connectivity index (χ0v) is 11.8. The Morgan fingerprint density at radius 1 is 1.47 bits per heavy atom. The Balaban J connectivity index is 2.31. The van der Waals surface area contributed by atoms with Crippen LogP contribution in [-0.4, -0.2) is 36.3 Å². The number of ether oxygens (including phenoxy) is 1. The molecular formula is C12H24N2O2S. The molecule has 1 amide bonds. The van der Waals surface area contributed by atoms with Crippen molar-refractivity contribution in [2.45, 2.75) is 32.8 Å². The summed E-state index contributed by atoms with van der Waals surface area (Å²) < 4.78 is 5.21. The van der Waals surface area contributed by atoms with E-state index in [9.17, 15) is 4.79 Å². The fraction of sp³-hybridized carbons (Fsp3) is 0.917. The van der Waals surface area contributed by atoms with Crippen molar-refractivity contribution in [1.29, 1.82) is 0 Å².